The van der Waals surface area contributed by atoms with E-state index in [1.807, 2.05) is 20.8 Å². The van der Waals surface area contributed by atoms with Crippen LogP contribution in [0.4, 0.5) is 13.6 Å². The van der Waals surface area contributed by atoms with Crippen molar-refractivity contribution in [2.24, 2.45) is 5.41 Å². The Morgan fingerprint density at radius 3 is 2.00 bits per heavy atom. The van der Waals surface area contributed by atoms with E-state index in [1.54, 1.807) is 12.1 Å². The van der Waals surface area contributed by atoms with Crippen LogP contribution in [0.3, 0.4) is 0 Å². The first-order valence-corrected chi connectivity index (χ1v) is 9.36. The van der Waals surface area contributed by atoms with Gasteiger partial charge in [-0.15, -0.1) is 0 Å². The molecule has 0 aromatic heterocycles. The van der Waals surface area contributed by atoms with Crippen molar-refractivity contribution in [3.05, 3.63) is 70.2 Å². The van der Waals surface area contributed by atoms with Gasteiger partial charge in [0.2, 0.25) is 0 Å². The Morgan fingerprint density at radius 2 is 1.61 bits per heavy atom. The van der Waals surface area contributed by atoms with Crippen LogP contribution >= 0.6 is 15.9 Å². The van der Waals surface area contributed by atoms with E-state index in [2.05, 4.69) is 15.9 Å². The van der Waals surface area contributed by atoms with E-state index in [4.69, 9.17) is 5.11 Å². The molecule has 0 saturated carbocycles. The van der Waals surface area contributed by atoms with Gasteiger partial charge in [0, 0.05) is 29.5 Å². The Balaban J connectivity index is 0.000000406. The van der Waals surface area contributed by atoms with Crippen molar-refractivity contribution in [1.82, 2.24) is 4.90 Å². The third-order valence-electron chi connectivity index (χ3n) is 4.08. The van der Waals surface area contributed by atoms with Crippen LogP contribution in [-0.4, -0.2) is 35.0 Å². The number of ketones is 1. The van der Waals surface area contributed by atoms with Gasteiger partial charge in [-0.3, -0.25) is 4.79 Å². The standard InChI is InChI=1S/C15H20FNO3.C6H4BrF/c1-15(2,3)13(17(4)14(19)20)9-12(18)10-6-5-7-11(16)8-10;7-5-2-1-3-6(8)4-5/h5-8,13H,9H2,1-4H3,(H,19,20);1-4H. The third-order valence-corrected chi connectivity index (χ3v) is 4.57. The molecule has 28 heavy (non-hydrogen) atoms. The van der Waals surface area contributed by atoms with Crippen LogP contribution in [0, 0.1) is 17.0 Å². The molecule has 2 rings (SSSR count). The highest BCUT2D eigenvalue weighted by Crippen LogP contribution is 2.27. The van der Waals surface area contributed by atoms with Crippen LogP contribution in [0.5, 0.6) is 0 Å². The Kier molecular flexibility index (Phi) is 8.75. The molecule has 0 saturated heterocycles. The summed E-state index contributed by atoms with van der Waals surface area (Å²) < 4.78 is 26.0. The zero-order valence-corrected chi connectivity index (χ0v) is 17.8. The molecule has 152 valence electrons. The first-order valence-electron chi connectivity index (χ1n) is 8.57. The average Bonchev–Trinajstić information content (AvgIpc) is 2.58. The van der Waals surface area contributed by atoms with Gasteiger partial charge in [-0.1, -0.05) is 54.9 Å². The summed E-state index contributed by atoms with van der Waals surface area (Å²) in [6.45, 7) is 5.61. The van der Waals surface area contributed by atoms with Gasteiger partial charge in [0.25, 0.3) is 0 Å². The van der Waals surface area contributed by atoms with Crippen molar-refractivity contribution in [2.45, 2.75) is 33.2 Å². The maximum atomic E-state index is 13.1. The topological polar surface area (TPSA) is 57.6 Å². The minimum absolute atomic E-state index is 0.0236. The molecule has 0 heterocycles. The lowest BCUT2D eigenvalue weighted by Crippen LogP contribution is -2.45. The Labute approximate surface area is 172 Å². The monoisotopic (exact) mass is 455 g/mol. The predicted octanol–water partition coefficient (Wildman–Crippen LogP) is 6.01. The molecule has 0 aliphatic heterocycles. The minimum atomic E-state index is -1.09. The number of carbonyl (C=O) groups excluding carboxylic acids is 1. The fraction of sp³-hybridized carbons (Fsp3) is 0.333. The number of halogens is 3. The van der Waals surface area contributed by atoms with Crippen LogP contribution in [0.15, 0.2) is 53.0 Å². The van der Waals surface area contributed by atoms with Crippen LogP contribution in [0.2, 0.25) is 0 Å². The van der Waals surface area contributed by atoms with Gasteiger partial charge in [-0.05, 0) is 35.7 Å². The zero-order chi connectivity index (χ0) is 21.5. The molecule has 2 aromatic rings. The molecule has 1 atom stereocenters. The van der Waals surface area contributed by atoms with Crippen LogP contribution < -0.4 is 0 Å². The molecule has 2 aromatic carbocycles. The quantitative estimate of drug-likeness (QED) is 0.574. The highest BCUT2D eigenvalue weighted by atomic mass is 79.9. The number of hydrogen-bond acceptors (Lipinski definition) is 2. The van der Waals surface area contributed by atoms with E-state index in [1.165, 1.54) is 43.4 Å². The average molecular weight is 456 g/mol. The fourth-order valence-corrected chi connectivity index (χ4v) is 2.94. The lowest BCUT2D eigenvalue weighted by atomic mass is 9.82. The van der Waals surface area contributed by atoms with Crippen LogP contribution in [0.1, 0.15) is 37.6 Å². The molecule has 0 aliphatic carbocycles. The summed E-state index contributed by atoms with van der Waals surface area (Å²) >= 11 is 3.12. The summed E-state index contributed by atoms with van der Waals surface area (Å²) in [6, 6.07) is 11.2. The summed E-state index contributed by atoms with van der Waals surface area (Å²) in [5.74, 6) is -0.952. The molecule has 0 aliphatic rings. The molecule has 4 nitrogen and oxygen atoms in total. The van der Waals surface area contributed by atoms with Crippen molar-refractivity contribution >= 4 is 27.8 Å². The van der Waals surface area contributed by atoms with Crippen LogP contribution in [-0.2, 0) is 0 Å². The summed E-state index contributed by atoms with van der Waals surface area (Å²) in [4.78, 5) is 24.4. The van der Waals surface area contributed by atoms with Crippen molar-refractivity contribution in [3.8, 4) is 0 Å². The highest BCUT2D eigenvalue weighted by Gasteiger charge is 2.33. The van der Waals surface area contributed by atoms with E-state index in [0.717, 1.165) is 9.37 Å². The molecule has 0 spiro atoms. The number of nitrogens with zero attached hydrogens (tertiary/aromatic N) is 1. The van der Waals surface area contributed by atoms with Crippen LogP contribution in [0.25, 0.3) is 0 Å². The molecular formula is C21H24BrF2NO3. The molecular weight excluding hydrogens is 432 g/mol. The lowest BCUT2D eigenvalue weighted by Gasteiger charge is -2.36. The first-order chi connectivity index (χ1) is 12.9. The molecule has 0 radical (unpaired) electrons. The number of amides is 1. The minimum Gasteiger partial charge on any atom is -0.465 e. The van der Waals surface area contributed by atoms with E-state index >= 15 is 0 Å². The van der Waals surface area contributed by atoms with Crippen molar-refractivity contribution < 1.29 is 23.5 Å². The molecule has 1 N–H and O–H groups in total. The van der Waals surface area contributed by atoms with Gasteiger partial charge in [-0.2, -0.15) is 0 Å². The van der Waals surface area contributed by atoms with E-state index < -0.39 is 23.4 Å². The SMILES string of the molecule is CN(C(=O)O)C(CC(=O)c1cccc(F)c1)C(C)(C)C.Fc1cccc(Br)c1. The van der Waals surface area contributed by atoms with Gasteiger partial charge in [0.15, 0.2) is 5.78 Å². The smallest absolute Gasteiger partial charge is 0.407 e. The van der Waals surface area contributed by atoms with Gasteiger partial charge in [0.1, 0.15) is 11.6 Å². The Bertz CT molecular complexity index is 804. The van der Waals surface area contributed by atoms with Crippen molar-refractivity contribution in [1.29, 1.82) is 0 Å². The molecule has 0 fully saturated rings. The maximum absolute atomic E-state index is 13.1. The van der Waals surface area contributed by atoms with Crippen molar-refractivity contribution in [2.75, 3.05) is 7.05 Å². The van der Waals surface area contributed by atoms with Gasteiger partial charge in [-0.25, -0.2) is 13.6 Å². The predicted molar refractivity (Wildman–Crippen MR) is 108 cm³/mol. The van der Waals surface area contributed by atoms with Gasteiger partial charge < -0.3 is 10.0 Å². The highest BCUT2D eigenvalue weighted by molar-refractivity contribution is 9.10. The normalized spacial score (nSPS) is 11.8. The zero-order valence-electron chi connectivity index (χ0n) is 16.2. The molecule has 1 unspecified atom stereocenters. The lowest BCUT2D eigenvalue weighted by molar-refractivity contribution is 0.0770. The summed E-state index contributed by atoms with van der Waals surface area (Å²) in [5, 5.41) is 9.10. The largest absolute Gasteiger partial charge is 0.465 e. The summed E-state index contributed by atoms with van der Waals surface area (Å²) in [6.07, 6.45) is -1.06. The molecule has 7 heteroatoms. The number of carboxylic acid groups (broad SMARTS) is 1. The second-order valence-corrected chi connectivity index (χ2v) is 8.27. The summed E-state index contributed by atoms with van der Waals surface area (Å²) in [7, 11) is 1.44. The summed E-state index contributed by atoms with van der Waals surface area (Å²) in [5.41, 5.74) is -0.131. The number of benzene rings is 2. The van der Waals surface area contributed by atoms with E-state index in [-0.39, 0.29) is 23.6 Å². The maximum Gasteiger partial charge on any atom is 0.407 e. The van der Waals surface area contributed by atoms with Gasteiger partial charge in [0.05, 0.1) is 0 Å². The van der Waals surface area contributed by atoms with Gasteiger partial charge >= 0.3 is 6.09 Å². The number of hydrogen-bond donors (Lipinski definition) is 1. The van der Waals surface area contributed by atoms with E-state index in [0.29, 0.717) is 0 Å². The van der Waals surface area contributed by atoms with E-state index in [9.17, 15) is 18.4 Å². The third kappa shape index (κ3) is 7.76. The number of carbonyl (C=O) groups is 2. The first kappa shape index (κ1) is 23.8. The number of rotatable bonds is 4. The number of Topliss-reactive ketones (excluding diaryl/α,β-unsaturated/α-hetero) is 1. The second-order valence-electron chi connectivity index (χ2n) is 7.35. The molecule has 0 bridgehead atoms. The Morgan fingerprint density at radius 1 is 1.07 bits per heavy atom. The fourth-order valence-electron chi connectivity index (χ4n) is 2.57. The Hall–Kier alpha value is -2.28. The molecule has 1 amide bonds. The van der Waals surface area contributed by atoms with Crippen molar-refractivity contribution in [3.63, 3.8) is 0 Å². The second kappa shape index (κ2) is 10.3.